The molecule has 1 heterocycles. The summed E-state index contributed by atoms with van der Waals surface area (Å²) in [6.07, 6.45) is 3.26. The summed E-state index contributed by atoms with van der Waals surface area (Å²) in [5, 5.41) is 15.5. The van der Waals surface area contributed by atoms with E-state index >= 15 is 0 Å². The Labute approximate surface area is 95.3 Å². The van der Waals surface area contributed by atoms with Crippen LogP contribution in [0.1, 0.15) is 18.4 Å². The van der Waals surface area contributed by atoms with Gasteiger partial charge in [0, 0.05) is 19.2 Å². The molecule has 1 aromatic rings. The summed E-state index contributed by atoms with van der Waals surface area (Å²) in [6, 6.07) is 0. The molecule has 1 aromatic heterocycles. The summed E-state index contributed by atoms with van der Waals surface area (Å²) in [5.74, 6) is 2.30. The van der Waals surface area contributed by atoms with Gasteiger partial charge in [-0.3, -0.25) is 0 Å². The summed E-state index contributed by atoms with van der Waals surface area (Å²) in [5.41, 5.74) is 1.03. The number of rotatable bonds is 4. The van der Waals surface area contributed by atoms with Crippen LogP contribution in [0.3, 0.4) is 0 Å². The second kappa shape index (κ2) is 4.65. The molecule has 3 N–H and O–H groups in total. The standard InChI is InChI=1S/C11H18N4O/c1-7-10(12-2)14-6-15-11(7)13-5-8-3-9(16)4-8/h6,8-9,16H,3-5H2,1-2H3,(H2,12,13,14,15). The van der Waals surface area contributed by atoms with Crippen molar-refractivity contribution >= 4 is 11.6 Å². The highest BCUT2D eigenvalue weighted by atomic mass is 16.3. The molecule has 0 bridgehead atoms. The minimum atomic E-state index is -0.0915. The summed E-state index contributed by atoms with van der Waals surface area (Å²) in [6.45, 7) is 2.86. The van der Waals surface area contributed by atoms with Gasteiger partial charge < -0.3 is 15.7 Å². The van der Waals surface area contributed by atoms with Crippen LogP contribution in [-0.4, -0.2) is 34.8 Å². The molecule has 0 amide bonds. The maximum atomic E-state index is 9.19. The Morgan fingerprint density at radius 1 is 1.38 bits per heavy atom. The highest BCUT2D eigenvalue weighted by molar-refractivity contribution is 5.56. The Morgan fingerprint density at radius 2 is 2.06 bits per heavy atom. The largest absolute Gasteiger partial charge is 0.393 e. The first kappa shape index (κ1) is 11.1. The van der Waals surface area contributed by atoms with Gasteiger partial charge in [0.25, 0.3) is 0 Å². The minimum Gasteiger partial charge on any atom is -0.393 e. The monoisotopic (exact) mass is 222 g/mol. The van der Waals surface area contributed by atoms with Crippen molar-refractivity contribution in [2.75, 3.05) is 24.2 Å². The number of aliphatic hydroxyl groups excluding tert-OH is 1. The summed E-state index contributed by atoms with van der Waals surface area (Å²) >= 11 is 0. The van der Waals surface area contributed by atoms with Crippen LogP contribution < -0.4 is 10.6 Å². The number of aliphatic hydroxyl groups is 1. The first-order valence-electron chi connectivity index (χ1n) is 5.62. The number of anilines is 2. The molecule has 0 saturated heterocycles. The van der Waals surface area contributed by atoms with Gasteiger partial charge in [0.15, 0.2) is 0 Å². The average Bonchev–Trinajstić information content (AvgIpc) is 2.24. The molecular weight excluding hydrogens is 204 g/mol. The van der Waals surface area contributed by atoms with E-state index in [1.165, 1.54) is 0 Å². The van der Waals surface area contributed by atoms with Crippen LogP contribution in [0.2, 0.25) is 0 Å². The van der Waals surface area contributed by atoms with Crippen molar-refractivity contribution in [2.45, 2.75) is 25.9 Å². The predicted molar refractivity (Wildman–Crippen MR) is 63.5 cm³/mol. The Bertz CT molecular complexity index is 363. The number of nitrogens with zero attached hydrogens (tertiary/aromatic N) is 2. The maximum Gasteiger partial charge on any atom is 0.134 e. The smallest absolute Gasteiger partial charge is 0.134 e. The fourth-order valence-electron chi connectivity index (χ4n) is 1.99. The van der Waals surface area contributed by atoms with Gasteiger partial charge in [0.05, 0.1) is 6.10 Å². The molecular formula is C11H18N4O. The molecule has 1 saturated carbocycles. The Kier molecular flexibility index (Phi) is 3.24. The van der Waals surface area contributed by atoms with E-state index in [9.17, 15) is 5.11 Å². The van der Waals surface area contributed by atoms with E-state index in [-0.39, 0.29) is 6.10 Å². The maximum absolute atomic E-state index is 9.19. The number of hydrogen-bond acceptors (Lipinski definition) is 5. The molecule has 0 aliphatic heterocycles. The van der Waals surface area contributed by atoms with Crippen molar-refractivity contribution in [1.82, 2.24) is 9.97 Å². The zero-order valence-corrected chi connectivity index (χ0v) is 9.70. The highest BCUT2D eigenvalue weighted by Gasteiger charge is 2.26. The first-order chi connectivity index (χ1) is 7.70. The Hall–Kier alpha value is -1.36. The summed E-state index contributed by atoms with van der Waals surface area (Å²) < 4.78 is 0. The van der Waals surface area contributed by atoms with Crippen LogP contribution in [0.4, 0.5) is 11.6 Å². The van der Waals surface area contributed by atoms with Gasteiger partial charge in [-0.15, -0.1) is 0 Å². The third kappa shape index (κ3) is 2.24. The van der Waals surface area contributed by atoms with Gasteiger partial charge in [0.1, 0.15) is 18.0 Å². The van der Waals surface area contributed by atoms with Crippen LogP contribution in [0, 0.1) is 12.8 Å². The van der Waals surface area contributed by atoms with E-state index in [1.54, 1.807) is 6.33 Å². The molecule has 0 spiro atoms. The van der Waals surface area contributed by atoms with Crippen LogP contribution in [0.25, 0.3) is 0 Å². The summed E-state index contributed by atoms with van der Waals surface area (Å²) in [4.78, 5) is 8.34. The first-order valence-corrected chi connectivity index (χ1v) is 5.62. The third-order valence-electron chi connectivity index (χ3n) is 3.09. The lowest BCUT2D eigenvalue weighted by Gasteiger charge is -2.31. The molecule has 2 rings (SSSR count). The van der Waals surface area contributed by atoms with Gasteiger partial charge in [-0.1, -0.05) is 0 Å². The lowest BCUT2D eigenvalue weighted by atomic mass is 9.82. The average molecular weight is 222 g/mol. The van der Waals surface area contributed by atoms with Crippen LogP contribution >= 0.6 is 0 Å². The Balaban J connectivity index is 1.93. The quantitative estimate of drug-likeness (QED) is 0.709. The zero-order valence-electron chi connectivity index (χ0n) is 9.70. The molecule has 1 fully saturated rings. The molecule has 0 unspecified atom stereocenters. The van der Waals surface area contributed by atoms with Crippen molar-refractivity contribution < 1.29 is 5.11 Å². The molecule has 0 atom stereocenters. The van der Waals surface area contributed by atoms with Gasteiger partial charge in [0.2, 0.25) is 0 Å². The van der Waals surface area contributed by atoms with Gasteiger partial charge in [-0.05, 0) is 25.7 Å². The second-order valence-electron chi connectivity index (χ2n) is 4.32. The van der Waals surface area contributed by atoms with Crippen molar-refractivity contribution in [3.63, 3.8) is 0 Å². The van der Waals surface area contributed by atoms with E-state index in [0.717, 1.165) is 36.6 Å². The number of nitrogens with one attached hydrogen (secondary N) is 2. The normalized spacial score (nSPS) is 23.7. The molecule has 0 aromatic carbocycles. The van der Waals surface area contributed by atoms with Crippen molar-refractivity contribution in [1.29, 1.82) is 0 Å². The predicted octanol–water partition coefficient (Wildman–Crippen LogP) is 1.01. The lowest BCUT2D eigenvalue weighted by Crippen LogP contribution is -2.33. The van der Waals surface area contributed by atoms with E-state index in [4.69, 9.17) is 0 Å². The van der Waals surface area contributed by atoms with Gasteiger partial charge >= 0.3 is 0 Å². The molecule has 1 aliphatic rings. The number of aromatic nitrogens is 2. The van der Waals surface area contributed by atoms with Gasteiger partial charge in [-0.2, -0.15) is 0 Å². The van der Waals surface area contributed by atoms with Crippen molar-refractivity contribution in [3.05, 3.63) is 11.9 Å². The van der Waals surface area contributed by atoms with E-state index in [2.05, 4.69) is 20.6 Å². The third-order valence-corrected chi connectivity index (χ3v) is 3.09. The minimum absolute atomic E-state index is 0.0915. The van der Waals surface area contributed by atoms with Crippen LogP contribution in [0.15, 0.2) is 6.33 Å². The molecule has 5 heteroatoms. The molecule has 1 aliphatic carbocycles. The SMILES string of the molecule is CNc1ncnc(NCC2CC(O)C2)c1C. The van der Waals surface area contributed by atoms with Crippen LogP contribution in [0.5, 0.6) is 0 Å². The van der Waals surface area contributed by atoms with Crippen molar-refractivity contribution in [3.8, 4) is 0 Å². The molecule has 16 heavy (non-hydrogen) atoms. The lowest BCUT2D eigenvalue weighted by molar-refractivity contribution is 0.0486. The number of hydrogen-bond donors (Lipinski definition) is 3. The fraction of sp³-hybridized carbons (Fsp3) is 0.636. The van der Waals surface area contributed by atoms with Crippen molar-refractivity contribution in [2.24, 2.45) is 5.92 Å². The molecule has 5 nitrogen and oxygen atoms in total. The molecule has 88 valence electrons. The van der Waals surface area contributed by atoms with Gasteiger partial charge in [-0.25, -0.2) is 9.97 Å². The zero-order chi connectivity index (χ0) is 11.5. The fourth-order valence-corrected chi connectivity index (χ4v) is 1.99. The summed E-state index contributed by atoms with van der Waals surface area (Å²) in [7, 11) is 1.85. The molecule has 0 radical (unpaired) electrons. The van der Waals surface area contributed by atoms with E-state index in [1.807, 2.05) is 14.0 Å². The highest BCUT2D eigenvalue weighted by Crippen LogP contribution is 2.27. The second-order valence-corrected chi connectivity index (χ2v) is 4.32. The Morgan fingerprint density at radius 3 is 2.69 bits per heavy atom. The van der Waals surface area contributed by atoms with E-state index in [0.29, 0.717) is 5.92 Å². The topological polar surface area (TPSA) is 70.1 Å². The van der Waals surface area contributed by atoms with Crippen LogP contribution in [-0.2, 0) is 0 Å². The van der Waals surface area contributed by atoms with E-state index < -0.39 is 0 Å².